The van der Waals surface area contributed by atoms with Gasteiger partial charge in [0.05, 0.1) is 29.0 Å². The molecular formula is C30H26N4O3. The van der Waals surface area contributed by atoms with Gasteiger partial charge in [-0.1, -0.05) is 54.6 Å². The van der Waals surface area contributed by atoms with Gasteiger partial charge in [0.1, 0.15) is 0 Å². The first-order valence-corrected chi connectivity index (χ1v) is 12.4. The van der Waals surface area contributed by atoms with Crippen LogP contribution in [0.15, 0.2) is 72.8 Å². The predicted molar refractivity (Wildman–Crippen MR) is 142 cm³/mol. The molecule has 0 aliphatic carbocycles. The van der Waals surface area contributed by atoms with Crippen molar-refractivity contribution in [3.63, 3.8) is 0 Å². The summed E-state index contributed by atoms with van der Waals surface area (Å²) < 4.78 is 0. The number of hydrogen-bond donors (Lipinski definition) is 1. The number of nitrogens with zero attached hydrogens (tertiary/aromatic N) is 4. The molecule has 1 aromatic heterocycles. The second-order valence-corrected chi connectivity index (χ2v) is 9.30. The molecule has 3 aromatic carbocycles. The van der Waals surface area contributed by atoms with Gasteiger partial charge in [-0.2, -0.15) is 0 Å². The van der Waals surface area contributed by atoms with Crippen LogP contribution in [-0.2, 0) is 11.2 Å². The Kier molecular flexibility index (Phi) is 6.91. The number of unbranched alkanes of at least 4 members (excludes halogenated alkanes) is 1. The molecule has 0 atom stereocenters. The van der Waals surface area contributed by atoms with Gasteiger partial charge in [0.25, 0.3) is 5.91 Å². The highest BCUT2D eigenvalue weighted by molar-refractivity contribution is 5.98. The fraction of sp³-hybridized carbons (Fsp3) is 0.233. The number of benzene rings is 3. The number of carbonyl (C=O) groups excluding carboxylic acids is 1. The maximum Gasteiger partial charge on any atom is 0.303 e. The smallest absolute Gasteiger partial charge is 0.303 e. The second-order valence-electron chi connectivity index (χ2n) is 9.30. The number of aryl methyl sites for hydroxylation is 1. The van der Waals surface area contributed by atoms with Gasteiger partial charge in [-0.05, 0) is 43.0 Å². The van der Waals surface area contributed by atoms with Crippen molar-refractivity contribution in [1.82, 2.24) is 14.9 Å². The van der Waals surface area contributed by atoms with Crippen LogP contribution in [0.25, 0.3) is 27.1 Å². The Hall–Kier alpha value is -4.57. The van der Waals surface area contributed by atoms with Crippen molar-refractivity contribution in [2.24, 2.45) is 0 Å². The van der Waals surface area contributed by atoms with Crippen LogP contribution < -0.4 is 0 Å². The largest absolute Gasteiger partial charge is 0.481 e. The number of likely N-dealkylation sites (tertiary alicyclic amines) is 1. The highest BCUT2D eigenvalue weighted by Gasteiger charge is 2.32. The molecule has 37 heavy (non-hydrogen) atoms. The third-order valence-electron chi connectivity index (χ3n) is 6.75. The van der Waals surface area contributed by atoms with Gasteiger partial charge in [-0.25, -0.2) is 14.8 Å². The van der Waals surface area contributed by atoms with Crippen LogP contribution in [0, 0.1) is 6.57 Å². The number of fused-ring (bicyclic) bond motifs is 1. The lowest BCUT2D eigenvalue weighted by molar-refractivity contribution is -0.137. The van der Waals surface area contributed by atoms with E-state index in [9.17, 15) is 9.59 Å². The van der Waals surface area contributed by atoms with Crippen molar-refractivity contribution in [1.29, 1.82) is 0 Å². The molecule has 0 bridgehead atoms. The Bertz CT molecular complexity index is 1490. The van der Waals surface area contributed by atoms with Gasteiger partial charge in [0, 0.05) is 36.6 Å². The van der Waals surface area contributed by atoms with Crippen molar-refractivity contribution in [2.75, 3.05) is 13.1 Å². The molecule has 0 unspecified atom stereocenters. The number of aliphatic carboxylic acids is 1. The van der Waals surface area contributed by atoms with Gasteiger partial charge in [0.15, 0.2) is 5.69 Å². The summed E-state index contributed by atoms with van der Waals surface area (Å²) in [6.45, 7) is 8.37. The number of aromatic nitrogens is 2. The predicted octanol–water partition coefficient (Wildman–Crippen LogP) is 5.88. The van der Waals surface area contributed by atoms with E-state index in [1.54, 1.807) is 12.1 Å². The molecule has 184 valence electrons. The van der Waals surface area contributed by atoms with E-state index >= 15 is 0 Å². The summed E-state index contributed by atoms with van der Waals surface area (Å²) in [7, 11) is 0. The minimum Gasteiger partial charge on any atom is -0.481 e. The standard InChI is InChI=1S/C30H26N4O3/c1-31-24-14-11-20(12-15-24)23-18-34(19-23)30(37)22-13-16-25-27(17-22)32-26(9-5-6-10-28(35)36)29(33-25)21-7-3-2-4-8-21/h2-4,7-8,11-17,23H,5-6,9-10,18-19H2,(H,35,36). The van der Waals surface area contributed by atoms with E-state index in [1.807, 2.05) is 65.6 Å². The van der Waals surface area contributed by atoms with Gasteiger partial charge < -0.3 is 10.0 Å². The fourth-order valence-electron chi connectivity index (χ4n) is 4.65. The molecule has 5 rings (SSSR count). The molecule has 1 amide bonds. The Labute approximate surface area is 215 Å². The van der Waals surface area contributed by atoms with Crippen molar-refractivity contribution < 1.29 is 14.7 Å². The summed E-state index contributed by atoms with van der Waals surface area (Å²) in [6.07, 6.45) is 2.00. The molecular weight excluding hydrogens is 464 g/mol. The molecule has 4 aromatic rings. The molecule has 1 N–H and O–H groups in total. The van der Waals surface area contributed by atoms with Crippen molar-refractivity contribution >= 4 is 28.6 Å². The van der Waals surface area contributed by atoms with E-state index in [1.165, 1.54) is 0 Å². The Morgan fingerprint density at radius 2 is 1.70 bits per heavy atom. The molecule has 1 fully saturated rings. The molecule has 1 aliphatic heterocycles. The van der Waals surface area contributed by atoms with E-state index in [2.05, 4.69) is 4.85 Å². The van der Waals surface area contributed by atoms with E-state index in [4.69, 9.17) is 21.6 Å². The third kappa shape index (κ3) is 5.34. The third-order valence-corrected chi connectivity index (χ3v) is 6.75. The Morgan fingerprint density at radius 1 is 0.946 bits per heavy atom. The normalized spacial score (nSPS) is 13.2. The van der Waals surface area contributed by atoms with Crippen LogP contribution in [0.3, 0.4) is 0 Å². The number of carboxylic acids is 1. The zero-order chi connectivity index (χ0) is 25.8. The van der Waals surface area contributed by atoms with Crippen molar-refractivity contribution in [3.8, 4) is 11.3 Å². The number of carbonyl (C=O) groups is 2. The highest BCUT2D eigenvalue weighted by Crippen LogP contribution is 2.31. The number of rotatable bonds is 8. The topological polar surface area (TPSA) is 87.8 Å². The average molecular weight is 491 g/mol. The molecule has 1 aliphatic rings. The summed E-state index contributed by atoms with van der Waals surface area (Å²) in [5.74, 6) is -0.563. The Morgan fingerprint density at radius 3 is 2.41 bits per heavy atom. The van der Waals surface area contributed by atoms with Crippen LogP contribution in [-0.4, -0.2) is 44.9 Å². The van der Waals surface area contributed by atoms with Crippen LogP contribution in [0.1, 0.15) is 46.8 Å². The van der Waals surface area contributed by atoms with Crippen molar-refractivity contribution in [3.05, 3.63) is 101 Å². The molecule has 0 spiro atoms. The molecule has 0 saturated carbocycles. The monoisotopic (exact) mass is 490 g/mol. The first kappa shape index (κ1) is 24.1. The summed E-state index contributed by atoms with van der Waals surface area (Å²) >= 11 is 0. The summed E-state index contributed by atoms with van der Waals surface area (Å²) in [5, 5.41) is 8.96. The number of carboxylic acid groups (broad SMARTS) is 1. The Balaban J connectivity index is 1.36. The lowest BCUT2D eigenvalue weighted by atomic mass is 9.90. The van der Waals surface area contributed by atoms with Crippen LogP contribution >= 0.6 is 0 Å². The molecule has 1 saturated heterocycles. The molecule has 7 heteroatoms. The lowest BCUT2D eigenvalue weighted by Crippen LogP contribution is -2.48. The maximum atomic E-state index is 13.2. The fourth-order valence-corrected chi connectivity index (χ4v) is 4.65. The summed E-state index contributed by atoms with van der Waals surface area (Å²) in [4.78, 5) is 39.1. The maximum absolute atomic E-state index is 13.2. The van der Waals surface area contributed by atoms with Gasteiger partial charge in [-0.15, -0.1) is 0 Å². The van der Waals surface area contributed by atoms with Gasteiger partial charge in [-0.3, -0.25) is 9.59 Å². The van der Waals surface area contributed by atoms with Crippen LogP contribution in [0.2, 0.25) is 0 Å². The molecule has 7 nitrogen and oxygen atoms in total. The van der Waals surface area contributed by atoms with E-state index in [0.717, 1.165) is 22.5 Å². The number of hydrogen-bond acceptors (Lipinski definition) is 4. The minimum atomic E-state index is -0.801. The first-order valence-electron chi connectivity index (χ1n) is 12.4. The zero-order valence-corrected chi connectivity index (χ0v) is 20.3. The van der Waals surface area contributed by atoms with Crippen LogP contribution in [0.4, 0.5) is 5.69 Å². The zero-order valence-electron chi connectivity index (χ0n) is 20.3. The lowest BCUT2D eigenvalue weighted by Gasteiger charge is -2.39. The van der Waals surface area contributed by atoms with Crippen LogP contribution in [0.5, 0.6) is 0 Å². The molecule has 2 heterocycles. The van der Waals surface area contributed by atoms with E-state index in [0.29, 0.717) is 54.6 Å². The summed E-state index contributed by atoms with van der Waals surface area (Å²) in [5.41, 5.74) is 6.26. The van der Waals surface area contributed by atoms with Gasteiger partial charge in [0.2, 0.25) is 0 Å². The highest BCUT2D eigenvalue weighted by atomic mass is 16.4. The van der Waals surface area contributed by atoms with Gasteiger partial charge >= 0.3 is 5.97 Å². The SMILES string of the molecule is [C-]#[N+]c1ccc(C2CN(C(=O)c3ccc4nc(-c5ccccc5)c(CCCCC(=O)O)nc4c3)C2)cc1. The van der Waals surface area contributed by atoms with Crippen molar-refractivity contribution in [2.45, 2.75) is 31.6 Å². The molecule has 0 radical (unpaired) electrons. The van der Waals surface area contributed by atoms with E-state index < -0.39 is 5.97 Å². The quantitative estimate of drug-likeness (QED) is 0.246. The minimum absolute atomic E-state index is 0.0344. The first-order chi connectivity index (χ1) is 18.0. The summed E-state index contributed by atoms with van der Waals surface area (Å²) in [6, 6.07) is 22.9. The second kappa shape index (κ2) is 10.6. The average Bonchev–Trinajstić information content (AvgIpc) is 2.90. The van der Waals surface area contributed by atoms with E-state index in [-0.39, 0.29) is 18.2 Å². The number of amides is 1.